The summed E-state index contributed by atoms with van der Waals surface area (Å²) < 4.78 is 0. The summed E-state index contributed by atoms with van der Waals surface area (Å²) in [5.41, 5.74) is 6.72. The highest BCUT2D eigenvalue weighted by Crippen LogP contribution is 1.97. The molecule has 1 heterocycles. The van der Waals surface area contributed by atoms with Crippen LogP contribution in [0.25, 0.3) is 0 Å². The minimum absolute atomic E-state index is 0.211. The monoisotopic (exact) mass is 181 g/mol. The van der Waals surface area contributed by atoms with Gasteiger partial charge in [0.25, 0.3) is 0 Å². The van der Waals surface area contributed by atoms with Crippen LogP contribution >= 0.6 is 0 Å². The zero-order valence-corrected chi connectivity index (χ0v) is 7.27. The molecular formula is C8H11N3O2. The van der Waals surface area contributed by atoms with Gasteiger partial charge in [0, 0.05) is 18.8 Å². The van der Waals surface area contributed by atoms with Gasteiger partial charge in [-0.15, -0.1) is 0 Å². The Morgan fingerprint density at radius 2 is 2.31 bits per heavy atom. The molecule has 0 saturated heterocycles. The van der Waals surface area contributed by atoms with Crippen LogP contribution in [0.15, 0.2) is 12.4 Å². The van der Waals surface area contributed by atoms with Crippen molar-refractivity contribution in [1.29, 1.82) is 0 Å². The van der Waals surface area contributed by atoms with Crippen LogP contribution in [-0.4, -0.2) is 27.1 Å². The summed E-state index contributed by atoms with van der Waals surface area (Å²) in [5, 5.41) is 8.52. The molecule has 0 fully saturated rings. The van der Waals surface area contributed by atoms with Gasteiger partial charge in [-0.3, -0.25) is 14.8 Å². The van der Waals surface area contributed by atoms with E-state index in [4.69, 9.17) is 10.8 Å². The Hall–Kier alpha value is -1.49. The van der Waals surface area contributed by atoms with Crippen LogP contribution in [0.2, 0.25) is 0 Å². The first kappa shape index (κ1) is 9.60. The fourth-order valence-electron chi connectivity index (χ4n) is 0.837. The van der Waals surface area contributed by atoms with Crippen LogP contribution in [0.3, 0.4) is 0 Å². The van der Waals surface area contributed by atoms with E-state index in [1.165, 1.54) is 6.20 Å². The number of carboxylic acid groups (broad SMARTS) is 1. The van der Waals surface area contributed by atoms with E-state index in [0.717, 1.165) is 5.69 Å². The molecule has 5 nitrogen and oxygen atoms in total. The van der Waals surface area contributed by atoms with Crippen LogP contribution < -0.4 is 5.73 Å². The van der Waals surface area contributed by atoms with E-state index in [1.54, 1.807) is 6.20 Å². The van der Waals surface area contributed by atoms with Gasteiger partial charge in [-0.05, 0) is 6.92 Å². The SMILES string of the molecule is Cc1cnc(C[C@H](N)C(=O)O)cn1. The second kappa shape index (κ2) is 3.95. The number of carboxylic acids is 1. The number of carbonyl (C=O) groups is 1. The maximum atomic E-state index is 10.4. The first-order valence-corrected chi connectivity index (χ1v) is 3.85. The molecule has 1 aromatic rings. The third kappa shape index (κ3) is 2.79. The molecule has 13 heavy (non-hydrogen) atoms. The van der Waals surface area contributed by atoms with E-state index >= 15 is 0 Å². The molecule has 0 aromatic carbocycles. The Kier molecular flexibility index (Phi) is 2.92. The second-order valence-electron chi connectivity index (χ2n) is 2.80. The fraction of sp³-hybridized carbons (Fsp3) is 0.375. The summed E-state index contributed by atoms with van der Waals surface area (Å²) in [4.78, 5) is 18.4. The molecule has 3 N–H and O–H groups in total. The standard InChI is InChI=1S/C8H11N3O2/c1-5-3-11-6(4-10-5)2-7(9)8(12)13/h3-4,7H,2,9H2,1H3,(H,12,13)/t7-/m0/s1. The van der Waals surface area contributed by atoms with Crippen LogP contribution in [0, 0.1) is 6.92 Å². The smallest absolute Gasteiger partial charge is 0.320 e. The zero-order valence-electron chi connectivity index (χ0n) is 7.27. The molecule has 1 atom stereocenters. The van der Waals surface area contributed by atoms with Gasteiger partial charge in [0.2, 0.25) is 0 Å². The van der Waals surface area contributed by atoms with Crippen LogP contribution in [0.1, 0.15) is 11.4 Å². The Bertz CT molecular complexity index is 297. The van der Waals surface area contributed by atoms with Gasteiger partial charge in [0.1, 0.15) is 6.04 Å². The van der Waals surface area contributed by atoms with Crippen molar-refractivity contribution in [1.82, 2.24) is 9.97 Å². The van der Waals surface area contributed by atoms with Crippen molar-refractivity contribution >= 4 is 5.97 Å². The van der Waals surface area contributed by atoms with Crippen molar-refractivity contribution < 1.29 is 9.90 Å². The molecule has 0 spiro atoms. The molecule has 1 aromatic heterocycles. The number of aliphatic carboxylic acids is 1. The molecule has 0 aliphatic heterocycles. The lowest BCUT2D eigenvalue weighted by atomic mass is 10.2. The number of aromatic nitrogens is 2. The predicted molar refractivity (Wildman–Crippen MR) is 46.1 cm³/mol. The van der Waals surface area contributed by atoms with Gasteiger partial charge in [-0.25, -0.2) is 0 Å². The van der Waals surface area contributed by atoms with E-state index in [0.29, 0.717) is 5.69 Å². The summed E-state index contributed by atoms with van der Waals surface area (Å²) in [6.45, 7) is 1.81. The van der Waals surface area contributed by atoms with Crippen LogP contribution in [-0.2, 0) is 11.2 Å². The predicted octanol–water partition coefficient (Wildman–Crippen LogP) is -0.261. The maximum absolute atomic E-state index is 10.4. The molecule has 5 heteroatoms. The lowest BCUT2D eigenvalue weighted by molar-refractivity contribution is -0.138. The van der Waals surface area contributed by atoms with Crippen molar-refractivity contribution in [2.24, 2.45) is 5.73 Å². The lowest BCUT2D eigenvalue weighted by Crippen LogP contribution is -2.32. The quantitative estimate of drug-likeness (QED) is 0.670. The number of nitrogens with zero attached hydrogens (tertiary/aromatic N) is 2. The highest BCUT2D eigenvalue weighted by Gasteiger charge is 2.12. The van der Waals surface area contributed by atoms with E-state index in [-0.39, 0.29) is 6.42 Å². The third-order valence-corrected chi connectivity index (χ3v) is 1.58. The van der Waals surface area contributed by atoms with Crippen molar-refractivity contribution in [3.63, 3.8) is 0 Å². The Labute approximate surface area is 75.6 Å². The van der Waals surface area contributed by atoms with Gasteiger partial charge in [-0.1, -0.05) is 0 Å². The molecule has 0 aliphatic rings. The van der Waals surface area contributed by atoms with E-state index in [2.05, 4.69) is 9.97 Å². The number of rotatable bonds is 3. The molecule has 0 bridgehead atoms. The minimum Gasteiger partial charge on any atom is -0.480 e. The summed E-state index contributed by atoms with van der Waals surface area (Å²) in [5.74, 6) is -1.03. The molecule has 0 radical (unpaired) electrons. The molecular weight excluding hydrogens is 170 g/mol. The normalized spacial score (nSPS) is 12.5. The number of hydrogen-bond donors (Lipinski definition) is 2. The highest BCUT2D eigenvalue weighted by molar-refractivity contribution is 5.73. The number of aryl methyl sites for hydroxylation is 1. The number of hydrogen-bond acceptors (Lipinski definition) is 4. The average Bonchev–Trinajstić information content (AvgIpc) is 2.08. The van der Waals surface area contributed by atoms with Crippen LogP contribution in [0.4, 0.5) is 0 Å². The lowest BCUT2D eigenvalue weighted by Gasteiger charge is -2.04. The van der Waals surface area contributed by atoms with Gasteiger partial charge in [-0.2, -0.15) is 0 Å². The first-order valence-electron chi connectivity index (χ1n) is 3.85. The average molecular weight is 181 g/mol. The second-order valence-corrected chi connectivity index (χ2v) is 2.80. The van der Waals surface area contributed by atoms with E-state index in [1.807, 2.05) is 6.92 Å². The molecule has 70 valence electrons. The van der Waals surface area contributed by atoms with Gasteiger partial charge < -0.3 is 10.8 Å². The summed E-state index contributed by atoms with van der Waals surface area (Å²) >= 11 is 0. The largest absolute Gasteiger partial charge is 0.480 e. The number of nitrogens with two attached hydrogens (primary N) is 1. The maximum Gasteiger partial charge on any atom is 0.320 e. The molecule has 0 aliphatic carbocycles. The third-order valence-electron chi connectivity index (χ3n) is 1.58. The van der Waals surface area contributed by atoms with Gasteiger partial charge in [0.05, 0.1) is 11.4 Å². The molecule has 0 unspecified atom stereocenters. The first-order chi connectivity index (χ1) is 6.09. The molecule has 1 rings (SSSR count). The van der Waals surface area contributed by atoms with Gasteiger partial charge >= 0.3 is 5.97 Å². The van der Waals surface area contributed by atoms with Crippen molar-refractivity contribution in [3.8, 4) is 0 Å². The highest BCUT2D eigenvalue weighted by atomic mass is 16.4. The Morgan fingerprint density at radius 3 is 2.77 bits per heavy atom. The van der Waals surface area contributed by atoms with E-state index < -0.39 is 12.0 Å². The van der Waals surface area contributed by atoms with Gasteiger partial charge in [0.15, 0.2) is 0 Å². The van der Waals surface area contributed by atoms with Crippen molar-refractivity contribution in [2.75, 3.05) is 0 Å². The zero-order chi connectivity index (χ0) is 9.84. The summed E-state index contributed by atoms with van der Waals surface area (Å²) in [7, 11) is 0. The summed E-state index contributed by atoms with van der Waals surface area (Å²) in [6.07, 6.45) is 3.34. The Balaban J connectivity index is 2.64. The van der Waals surface area contributed by atoms with Crippen LogP contribution in [0.5, 0.6) is 0 Å². The molecule has 0 saturated carbocycles. The Morgan fingerprint density at radius 1 is 1.62 bits per heavy atom. The fourth-order valence-corrected chi connectivity index (χ4v) is 0.837. The molecule has 0 amide bonds. The van der Waals surface area contributed by atoms with Crippen molar-refractivity contribution in [3.05, 3.63) is 23.8 Å². The van der Waals surface area contributed by atoms with E-state index in [9.17, 15) is 4.79 Å². The van der Waals surface area contributed by atoms with Crippen molar-refractivity contribution in [2.45, 2.75) is 19.4 Å². The summed E-state index contributed by atoms with van der Waals surface area (Å²) in [6, 6.07) is -0.906. The topological polar surface area (TPSA) is 89.1 Å². The minimum atomic E-state index is -1.03.